The summed E-state index contributed by atoms with van der Waals surface area (Å²) in [5, 5.41) is 1.02. The number of pyridine rings is 1. The number of nitrogens with zero attached hydrogens (tertiary/aromatic N) is 1. The van der Waals surface area contributed by atoms with E-state index in [1.807, 2.05) is 18.2 Å². The highest BCUT2D eigenvalue weighted by molar-refractivity contribution is 5.80. The molecule has 0 aliphatic carbocycles. The molecule has 0 atom stereocenters. The first kappa shape index (κ1) is 7.29. The molecule has 2 aromatic rings. The summed E-state index contributed by atoms with van der Waals surface area (Å²) in [7, 11) is 0. The monoisotopic (exact) mass is 153 g/mol. The van der Waals surface area contributed by atoms with Crippen LogP contribution in [0.25, 0.3) is 10.9 Å². The minimum atomic E-state index is 0.584. The van der Waals surface area contributed by atoms with Gasteiger partial charge in [-0.05, 0) is 43.2 Å². The normalized spacial score (nSPS) is 10.5. The van der Waals surface area contributed by atoms with Crippen molar-refractivity contribution in [3.05, 3.63) is 55.4 Å². The Morgan fingerprint density at radius 2 is 1.83 bits per heavy atom. The SMILES string of the molecule is [CH]c1cc2cccnc2cc1[CH]. The quantitative estimate of drug-likeness (QED) is 0.566. The summed E-state index contributed by atoms with van der Waals surface area (Å²) in [5.41, 5.74) is 2.07. The van der Waals surface area contributed by atoms with Crippen LogP contribution in [0.2, 0.25) is 0 Å². The summed E-state index contributed by atoms with van der Waals surface area (Å²) in [4.78, 5) is 4.15. The predicted octanol–water partition coefficient (Wildman–Crippen LogP) is 2.35. The molecule has 0 N–H and O–H groups in total. The van der Waals surface area contributed by atoms with Crippen LogP contribution in [0.1, 0.15) is 11.1 Å². The second-order valence-electron chi connectivity index (χ2n) is 2.68. The van der Waals surface area contributed by atoms with Gasteiger partial charge in [-0.1, -0.05) is 6.07 Å². The topological polar surface area (TPSA) is 12.9 Å². The van der Waals surface area contributed by atoms with E-state index in [1.165, 1.54) is 0 Å². The Hall–Kier alpha value is -1.37. The zero-order valence-corrected chi connectivity index (χ0v) is 6.49. The molecule has 0 aliphatic heterocycles. The summed E-state index contributed by atoms with van der Waals surface area (Å²) < 4.78 is 0. The van der Waals surface area contributed by atoms with Gasteiger partial charge in [0.05, 0.1) is 5.52 Å². The average molecular weight is 153 g/mol. The van der Waals surface area contributed by atoms with E-state index in [4.69, 9.17) is 13.8 Å². The van der Waals surface area contributed by atoms with Crippen LogP contribution in [0.4, 0.5) is 0 Å². The molecule has 0 fully saturated rings. The van der Waals surface area contributed by atoms with Crippen LogP contribution in [-0.2, 0) is 0 Å². The molecule has 1 heteroatoms. The van der Waals surface area contributed by atoms with Crippen LogP contribution >= 0.6 is 0 Å². The fourth-order valence-electron chi connectivity index (χ4n) is 1.15. The van der Waals surface area contributed by atoms with Gasteiger partial charge >= 0.3 is 0 Å². The lowest BCUT2D eigenvalue weighted by Gasteiger charge is -2.01. The molecule has 4 radical (unpaired) electrons. The molecule has 1 heterocycles. The molecule has 1 aromatic carbocycles. The number of aromatic nitrogens is 1. The van der Waals surface area contributed by atoms with E-state index in [0.717, 1.165) is 10.9 Å². The van der Waals surface area contributed by atoms with E-state index in [1.54, 1.807) is 12.3 Å². The molecule has 1 aromatic heterocycles. The minimum absolute atomic E-state index is 0.584. The first-order valence-electron chi connectivity index (χ1n) is 3.67. The predicted molar refractivity (Wildman–Crippen MR) is 48.5 cm³/mol. The van der Waals surface area contributed by atoms with Gasteiger partial charge in [-0.15, -0.1) is 0 Å². The second-order valence-corrected chi connectivity index (χ2v) is 2.68. The van der Waals surface area contributed by atoms with Crippen molar-refractivity contribution in [1.29, 1.82) is 0 Å². The number of rotatable bonds is 0. The smallest absolute Gasteiger partial charge is 0.0704 e. The summed E-state index contributed by atoms with van der Waals surface area (Å²) >= 11 is 0. The van der Waals surface area contributed by atoms with Gasteiger partial charge in [-0.3, -0.25) is 4.98 Å². The highest BCUT2D eigenvalue weighted by atomic mass is 14.6. The maximum atomic E-state index is 5.63. The van der Waals surface area contributed by atoms with E-state index >= 15 is 0 Å². The van der Waals surface area contributed by atoms with Crippen LogP contribution in [-0.4, -0.2) is 4.98 Å². The highest BCUT2D eigenvalue weighted by Gasteiger charge is 1.96. The molecule has 0 amide bonds. The highest BCUT2D eigenvalue weighted by Crippen LogP contribution is 2.16. The maximum Gasteiger partial charge on any atom is 0.0704 e. The maximum absolute atomic E-state index is 5.63. The Bertz CT molecular complexity index is 378. The van der Waals surface area contributed by atoms with E-state index in [0.29, 0.717) is 11.1 Å². The van der Waals surface area contributed by atoms with Crippen molar-refractivity contribution < 1.29 is 0 Å². The molecule has 0 spiro atoms. The minimum Gasteiger partial charge on any atom is -0.256 e. The summed E-state index contributed by atoms with van der Waals surface area (Å²) in [6.45, 7) is 11.3. The molecule has 2 rings (SSSR count). The zero-order chi connectivity index (χ0) is 8.55. The zero-order valence-electron chi connectivity index (χ0n) is 6.49. The van der Waals surface area contributed by atoms with Gasteiger partial charge in [0, 0.05) is 11.6 Å². The van der Waals surface area contributed by atoms with E-state index in [9.17, 15) is 0 Å². The summed E-state index contributed by atoms with van der Waals surface area (Å²) in [6, 6.07) is 7.44. The van der Waals surface area contributed by atoms with Gasteiger partial charge in [0.25, 0.3) is 0 Å². The lowest BCUT2D eigenvalue weighted by atomic mass is 10.1. The van der Waals surface area contributed by atoms with Gasteiger partial charge in [-0.2, -0.15) is 0 Å². The van der Waals surface area contributed by atoms with Crippen molar-refractivity contribution in [3.8, 4) is 0 Å². The van der Waals surface area contributed by atoms with Gasteiger partial charge < -0.3 is 0 Å². The molecule has 56 valence electrons. The molecule has 1 nitrogen and oxygen atoms in total. The lowest BCUT2D eigenvalue weighted by Crippen LogP contribution is -1.83. The number of hydrogen-bond acceptors (Lipinski definition) is 1. The van der Waals surface area contributed by atoms with Crippen LogP contribution in [0.5, 0.6) is 0 Å². The molecule has 0 saturated carbocycles. The molecule has 12 heavy (non-hydrogen) atoms. The molecule has 0 aliphatic rings. The Morgan fingerprint density at radius 3 is 2.67 bits per heavy atom. The Morgan fingerprint density at radius 1 is 1.08 bits per heavy atom. The van der Waals surface area contributed by atoms with Crippen LogP contribution in [0.3, 0.4) is 0 Å². The first-order valence-corrected chi connectivity index (χ1v) is 3.67. The number of benzene rings is 1. The fraction of sp³-hybridized carbons (Fsp3) is 0. The average Bonchev–Trinajstić information content (AvgIpc) is 2.07. The lowest BCUT2D eigenvalue weighted by molar-refractivity contribution is 1.40. The molecule has 0 unspecified atom stereocenters. The second kappa shape index (κ2) is 2.59. The third-order valence-corrected chi connectivity index (χ3v) is 1.81. The van der Waals surface area contributed by atoms with Crippen molar-refractivity contribution in [2.75, 3.05) is 0 Å². The van der Waals surface area contributed by atoms with Crippen molar-refractivity contribution in [2.24, 2.45) is 0 Å². The van der Waals surface area contributed by atoms with Crippen molar-refractivity contribution >= 4 is 10.9 Å². The largest absolute Gasteiger partial charge is 0.256 e. The standard InChI is InChI=1S/C11H7N/c1-8-6-10-4-3-5-12-11(10)7-9(8)2/h1-7H. The van der Waals surface area contributed by atoms with Gasteiger partial charge in [0.15, 0.2) is 0 Å². The Balaban J connectivity index is 2.84. The first-order chi connectivity index (χ1) is 5.77. The fourth-order valence-corrected chi connectivity index (χ4v) is 1.15. The van der Waals surface area contributed by atoms with Crippen molar-refractivity contribution in [3.63, 3.8) is 0 Å². The van der Waals surface area contributed by atoms with Crippen LogP contribution in [0, 0.1) is 13.8 Å². The van der Waals surface area contributed by atoms with Gasteiger partial charge in [0.1, 0.15) is 0 Å². The molecular weight excluding hydrogens is 146 g/mol. The van der Waals surface area contributed by atoms with Crippen LogP contribution < -0.4 is 0 Å². The van der Waals surface area contributed by atoms with E-state index < -0.39 is 0 Å². The molecular formula is C11H7N. The van der Waals surface area contributed by atoms with Crippen molar-refractivity contribution in [1.82, 2.24) is 4.98 Å². The van der Waals surface area contributed by atoms with Gasteiger partial charge in [-0.25, -0.2) is 0 Å². The van der Waals surface area contributed by atoms with E-state index in [2.05, 4.69) is 4.98 Å². The number of hydrogen-bond donors (Lipinski definition) is 0. The molecule has 0 bridgehead atoms. The van der Waals surface area contributed by atoms with Crippen molar-refractivity contribution in [2.45, 2.75) is 0 Å². The number of fused-ring (bicyclic) bond motifs is 1. The molecule has 0 saturated heterocycles. The summed E-state index contributed by atoms with van der Waals surface area (Å²) in [6.07, 6.45) is 1.73. The third-order valence-electron chi connectivity index (χ3n) is 1.81. The van der Waals surface area contributed by atoms with Gasteiger partial charge in [0.2, 0.25) is 0 Å². The van der Waals surface area contributed by atoms with Crippen LogP contribution in [0.15, 0.2) is 30.5 Å². The Labute approximate surface area is 72.1 Å². The summed E-state index contributed by atoms with van der Waals surface area (Å²) in [5.74, 6) is 0. The Kier molecular flexibility index (Phi) is 1.58. The third kappa shape index (κ3) is 1.07. The van der Waals surface area contributed by atoms with E-state index in [-0.39, 0.29) is 0 Å².